The molecule has 1 fully saturated rings. The van der Waals surface area contributed by atoms with Gasteiger partial charge in [-0.1, -0.05) is 0 Å². The molecule has 1 aliphatic heterocycles. The Morgan fingerprint density at radius 3 is 2.68 bits per heavy atom. The number of methoxy groups -OCH3 is 1. The first kappa shape index (κ1) is 24.3. The summed E-state index contributed by atoms with van der Waals surface area (Å²) in [6.07, 6.45) is 2.95. The van der Waals surface area contributed by atoms with Crippen molar-refractivity contribution in [3.05, 3.63) is 63.3 Å². The second-order valence-corrected chi connectivity index (χ2v) is 9.46. The highest BCUT2D eigenvalue weighted by atomic mass is 19.1. The molecule has 12 heteroatoms. The minimum absolute atomic E-state index is 0.0275. The first-order valence-electron chi connectivity index (χ1n) is 11.7. The Hall–Kier alpha value is -4.35. The predicted molar refractivity (Wildman–Crippen MR) is 132 cm³/mol. The van der Waals surface area contributed by atoms with Crippen molar-refractivity contribution in [2.45, 2.75) is 45.1 Å². The largest absolute Gasteiger partial charge is 0.494 e. The topological polar surface area (TPSA) is 133 Å². The molecule has 0 bridgehead atoms. The summed E-state index contributed by atoms with van der Waals surface area (Å²) in [6.45, 7) is 6.02. The molecule has 0 unspecified atom stereocenters. The number of pyridine rings is 1. The Kier molecular flexibility index (Phi) is 5.89. The van der Waals surface area contributed by atoms with E-state index >= 15 is 0 Å². The number of carbonyl (C=O) groups excluding carboxylic acids is 1. The van der Waals surface area contributed by atoms with Crippen LogP contribution in [-0.4, -0.2) is 45.6 Å². The summed E-state index contributed by atoms with van der Waals surface area (Å²) in [4.78, 5) is 39.0. The SMILES string of the molecule is COc1cc(F)c([N+](=O)[O-])cc1Nc1ncc(C(=O)OC(C)C)c(N2CC3(CC3)c3nc(C)ccc32)n1. The first-order chi connectivity index (χ1) is 17.6. The van der Waals surface area contributed by atoms with Gasteiger partial charge in [-0.2, -0.15) is 9.37 Å². The molecule has 11 nitrogen and oxygen atoms in total. The average molecular weight is 509 g/mol. The number of nitro benzene ring substituents is 1. The summed E-state index contributed by atoms with van der Waals surface area (Å²) < 4.78 is 24.8. The van der Waals surface area contributed by atoms with Gasteiger partial charge in [0.15, 0.2) is 5.82 Å². The molecule has 2 aromatic heterocycles. The quantitative estimate of drug-likeness (QED) is 0.271. The lowest BCUT2D eigenvalue weighted by Crippen LogP contribution is -2.24. The standard InChI is InChI=1S/C25H25FN6O5/c1-13(2)37-23(33)15-11-27-24(29-17-10-19(32(34)35)16(26)9-20(17)36-4)30-22(15)31-12-25(7-8-25)21-18(31)6-5-14(3)28-21/h5-6,9-11,13H,7-8,12H2,1-4H3,(H,27,29,30). The molecule has 0 atom stereocenters. The maximum atomic E-state index is 14.1. The van der Waals surface area contributed by atoms with Crippen molar-refractivity contribution < 1.29 is 23.6 Å². The zero-order valence-corrected chi connectivity index (χ0v) is 20.7. The molecule has 1 aliphatic carbocycles. The smallest absolute Gasteiger partial charge is 0.343 e. The van der Waals surface area contributed by atoms with Crippen LogP contribution in [0.2, 0.25) is 0 Å². The van der Waals surface area contributed by atoms with Crippen LogP contribution in [0.15, 0.2) is 30.5 Å². The number of carbonyl (C=O) groups is 1. The summed E-state index contributed by atoms with van der Waals surface area (Å²) in [5, 5.41) is 14.1. The zero-order chi connectivity index (χ0) is 26.5. The molecule has 0 saturated heterocycles. The van der Waals surface area contributed by atoms with Crippen molar-refractivity contribution in [1.82, 2.24) is 15.0 Å². The van der Waals surface area contributed by atoms with E-state index in [1.165, 1.54) is 13.3 Å². The predicted octanol–water partition coefficient (Wildman–Crippen LogP) is 4.73. The minimum atomic E-state index is -1.04. The molecule has 1 spiro atoms. The minimum Gasteiger partial charge on any atom is -0.494 e. The summed E-state index contributed by atoms with van der Waals surface area (Å²) >= 11 is 0. The number of hydrogen-bond acceptors (Lipinski definition) is 10. The van der Waals surface area contributed by atoms with Gasteiger partial charge < -0.3 is 19.7 Å². The lowest BCUT2D eigenvalue weighted by atomic mass is 10.0. The van der Waals surface area contributed by atoms with Gasteiger partial charge in [0.1, 0.15) is 11.3 Å². The van der Waals surface area contributed by atoms with E-state index in [1.54, 1.807) is 13.8 Å². The van der Waals surface area contributed by atoms with E-state index in [4.69, 9.17) is 14.5 Å². The van der Waals surface area contributed by atoms with Crippen molar-refractivity contribution in [1.29, 1.82) is 0 Å². The maximum absolute atomic E-state index is 14.1. The van der Waals surface area contributed by atoms with E-state index in [0.717, 1.165) is 42.0 Å². The lowest BCUT2D eigenvalue weighted by molar-refractivity contribution is -0.387. The Balaban J connectivity index is 1.60. The Labute approximate surface area is 211 Å². The molecule has 1 aromatic carbocycles. The number of halogens is 1. The van der Waals surface area contributed by atoms with Crippen molar-refractivity contribution in [3.63, 3.8) is 0 Å². The zero-order valence-electron chi connectivity index (χ0n) is 20.7. The third-order valence-electron chi connectivity index (χ3n) is 6.42. The Morgan fingerprint density at radius 2 is 2.03 bits per heavy atom. The van der Waals surface area contributed by atoms with Gasteiger partial charge >= 0.3 is 11.7 Å². The van der Waals surface area contributed by atoms with Crippen LogP contribution in [0.1, 0.15) is 48.4 Å². The lowest BCUT2D eigenvalue weighted by Gasteiger charge is -2.22. The number of esters is 1. The second-order valence-electron chi connectivity index (χ2n) is 9.46. The van der Waals surface area contributed by atoms with Gasteiger partial charge in [0.05, 0.1) is 35.2 Å². The van der Waals surface area contributed by atoms with Gasteiger partial charge in [0.2, 0.25) is 11.8 Å². The number of aromatic nitrogens is 3. The number of benzene rings is 1. The number of fused-ring (bicyclic) bond motifs is 2. The molecule has 1 saturated carbocycles. The summed E-state index contributed by atoms with van der Waals surface area (Å²) in [7, 11) is 1.31. The number of nitrogens with one attached hydrogen (secondary N) is 1. The van der Waals surface area contributed by atoms with Crippen LogP contribution in [0, 0.1) is 22.9 Å². The highest BCUT2D eigenvalue weighted by molar-refractivity contribution is 5.96. The number of hydrogen-bond donors (Lipinski definition) is 1. The molecule has 3 heterocycles. The van der Waals surface area contributed by atoms with Crippen LogP contribution >= 0.6 is 0 Å². The van der Waals surface area contributed by atoms with Crippen LogP contribution in [0.4, 0.5) is 33.2 Å². The van der Waals surface area contributed by atoms with Gasteiger partial charge in [-0.15, -0.1) is 0 Å². The Bertz CT molecular complexity index is 1420. The van der Waals surface area contributed by atoms with E-state index < -0.39 is 22.4 Å². The van der Waals surface area contributed by atoms with Crippen molar-refractivity contribution in [3.8, 4) is 5.75 Å². The highest BCUT2D eigenvalue weighted by Gasteiger charge is 2.54. The van der Waals surface area contributed by atoms with Crippen LogP contribution in [-0.2, 0) is 10.2 Å². The van der Waals surface area contributed by atoms with E-state index in [1.807, 2.05) is 24.0 Å². The normalized spacial score (nSPS) is 15.0. The van der Waals surface area contributed by atoms with Crippen LogP contribution < -0.4 is 15.0 Å². The number of anilines is 4. The molecule has 37 heavy (non-hydrogen) atoms. The molecule has 192 valence electrons. The van der Waals surface area contributed by atoms with Gasteiger partial charge in [-0.25, -0.2) is 9.78 Å². The fourth-order valence-electron chi connectivity index (χ4n) is 4.49. The molecule has 2 aliphatic rings. The number of nitrogens with zero attached hydrogens (tertiary/aromatic N) is 5. The van der Waals surface area contributed by atoms with Gasteiger partial charge in [0.25, 0.3) is 0 Å². The van der Waals surface area contributed by atoms with E-state index in [2.05, 4.69) is 15.3 Å². The van der Waals surface area contributed by atoms with E-state index in [9.17, 15) is 19.3 Å². The third kappa shape index (κ3) is 4.39. The molecule has 3 aromatic rings. The van der Waals surface area contributed by atoms with Crippen molar-refractivity contribution in [2.24, 2.45) is 0 Å². The number of aryl methyl sites for hydroxylation is 1. The first-order valence-corrected chi connectivity index (χ1v) is 11.7. The molecule has 1 N–H and O–H groups in total. The number of ether oxygens (including phenoxy) is 2. The summed E-state index contributed by atoms with van der Waals surface area (Å²) in [5.74, 6) is -1.24. The summed E-state index contributed by atoms with van der Waals surface area (Å²) in [6, 6.07) is 5.79. The second kappa shape index (κ2) is 8.95. The Morgan fingerprint density at radius 1 is 1.27 bits per heavy atom. The van der Waals surface area contributed by atoms with Gasteiger partial charge in [-0.3, -0.25) is 15.1 Å². The number of nitro groups is 1. The maximum Gasteiger partial charge on any atom is 0.343 e. The fraction of sp³-hybridized carbons (Fsp3) is 0.360. The van der Waals surface area contributed by atoms with Crippen LogP contribution in [0.5, 0.6) is 5.75 Å². The van der Waals surface area contributed by atoms with Crippen LogP contribution in [0.25, 0.3) is 0 Å². The molecular formula is C25H25FN6O5. The number of rotatable bonds is 7. The monoisotopic (exact) mass is 508 g/mol. The van der Waals surface area contributed by atoms with Crippen molar-refractivity contribution in [2.75, 3.05) is 23.9 Å². The van der Waals surface area contributed by atoms with Gasteiger partial charge in [-0.05, 0) is 45.7 Å². The molecular weight excluding hydrogens is 483 g/mol. The highest BCUT2D eigenvalue weighted by Crippen LogP contribution is 2.57. The van der Waals surface area contributed by atoms with E-state index in [0.29, 0.717) is 12.4 Å². The van der Waals surface area contributed by atoms with Crippen LogP contribution in [0.3, 0.4) is 0 Å². The molecule has 0 radical (unpaired) electrons. The average Bonchev–Trinajstić information content (AvgIpc) is 3.56. The molecule has 5 rings (SSSR count). The van der Waals surface area contributed by atoms with Gasteiger partial charge in [0, 0.05) is 36.0 Å². The van der Waals surface area contributed by atoms with Crippen molar-refractivity contribution >= 4 is 34.8 Å². The fourth-order valence-corrected chi connectivity index (χ4v) is 4.49. The third-order valence-corrected chi connectivity index (χ3v) is 6.42. The summed E-state index contributed by atoms with van der Waals surface area (Å²) in [5.41, 5.74) is 2.16. The van der Waals surface area contributed by atoms with E-state index in [-0.39, 0.29) is 34.5 Å². The molecule has 0 amide bonds.